The minimum absolute atomic E-state index is 0.0776. The molecule has 0 spiro atoms. The van der Waals surface area contributed by atoms with Crippen LogP contribution in [-0.2, 0) is 4.74 Å². The fraction of sp³-hybridized carbons (Fsp3) is 0.450. The van der Waals surface area contributed by atoms with E-state index in [1.54, 1.807) is 0 Å². The van der Waals surface area contributed by atoms with E-state index in [4.69, 9.17) is 9.15 Å². The first-order valence-electron chi connectivity index (χ1n) is 8.92. The molecular formula is C20H27N3O3S. The van der Waals surface area contributed by atoms with Crippen molar-refractivity contribution in [2.75, 3.05) is 5.75 Å². The van der Waals surface area contributed by atoms with Crippen molar-refractivity contribution in [2.45, 2.75) is 51.5 Å². The number of carbonyl (C=O) groups excluding carboxylic acids is 1. The van der Waals surface area contributed by atoms with Crippen LogP contribution in [0.15, 0.2) is 46.0 Å². The van der Waals surface area contributed by atoms with E-state index in [0.717, 1.165) is 5.56 Å². The Morgan fingerprint density at radius 1 is 1.26 bits per heavy atom. The molecule has 1 amide bonds. The van der Waals surface area contributed by atoms with Crippen molar-refractivity contribution in [3.63, 3.8) is 0 Å². The molecule has 0 aliphatic heterocycles. The molecule has 1 heterocycles. The first kappa shape index (κ1) is 21.0. The Hall–Kier alpha value is -2.28. The summed E-state index contributed by atoms with van der Waals surface area (Å²) in [5.74, 6) is 1.17. The number of amides is 1. The van der Waals surface area contributed by atoms with Crippen LogP contribution in [0.2, 0.25) is 0 Å². The topological polar surface area (TPSA) is 77.2 Å². The fourth-order valence-electron chi connectivity index (χ4n) is 2.22. The van der Waals surface area contributed by atoms with Crippen molar-refractivity contribution in [2.24, 2.45) is 5.92 Å². The summed E-state index contributed by atoms with van der Waals surface area (Å²) < 4.78 is 11.0. The molecule has 0 radical (unpaired) electrons. The van der Waals surface area contributed by atoms with Gasteiger partial charge >= 0.3 is 6.09 Å². The lowest BCUT2D eigenvalue weighted by Crippen LogP contribution is -2.37. The number of nitrogens with one attached hydrogen (secondary N) is 1. The maximum atomic E-state index is 12.1. The number of alkyl carbamates (subject to hydrolysis) is 1. The van der Waals surface area contributed by atoms with E-state index < -0.39 is 17.7 Å². The Labute approximate surface area is 164 Å². The number of ether oxygens (including phenoxy) is 1. The fourth-order valence-corrected chi connectivity index (χ4v) is 2.80. The SMILES string of the molecule is CC(C)[C@H](NC(=O)OC(C)(C)C)c1nnc(SCC=Cc2ccccc2)o1. The zero-order valence-electron chi connectivity index (χ0n) is 16.4. The number of nitrogens with zero attached hydrogens (tertiary/aromatic N) is 2. The van der Waals surface area contributed by atoms with Crippen LogP contribution in [0.4, 0.5) is 4.79 Å². The summed E-state index contributed by atoms with van der Waals surface area (Å²) in [6.45, 7) is 9.41. The monoisotopic (exact) mass is 389 g/mol. The van der Waals surface area contributed by atoms with Crippen molar-refractivity contribution in [1.82, 2.24) is 15.5 Å². The number of rotatable bonds is 7. The van der Waals surface area contributed by atoms with E-state index in [2.05, 4.69) is 15.5 Å². The molecule has 0 aliphatic rings. The van der Waals surface area contributed by atoms with Crippen LogP contribution in [0.1, 0.15) is 52.1 Å². The quantitative estimate of drug-likeness (QED) is 0.664. The van der Waals surface area contributed by atoms with Crippen molar-refractivity contribution in [1.29, 1.82) is 0 Å². The van der Waals surface area contributed by atoms with Gasteiger partial charge in [0, 0.05) is 5.75 Å². The Bertz CT molecular complexity index is 751. The summed E-state index contributed by atoms with van der Waals surface area (Å²) in [5, 5.41) is 11.4. The van der Waals surface area contributed by atoms with Crippen molar-refractivity contribution in [3.8, 4) is 0 Å². The van der Waals surface area contributed by atoms with Gasteiger partial charge in [-0.15, -0.1) is 10.2 Å². The van der Waals surface area contributed by atoms with Gasteiger partial charge in [0.25, 0.3) is 5.22 Å². The number of hydrogen-bond acceptors (Lipinski definition) is 6. The highest BCUT2D eigenvalue weighted by Crippen LogP contribution is 2.25. The molecular weight excluding hydrogens is 362 g/mol. The van der Waals surface area contributed by atoms with Gasteiger partial charge in [0.05, 0.1) is 0 Å². The Balaban J connectivity index is 1.92. The number of aromatic nitrogens is 2. The lowest BCUT2D eigenvalue weighted by molar-refractivity contribution is 0.0477. The highest BCUT2D eigenvalue weighted by molar-refractivity contribution is 7.99. The van der Waals surface area contributed by atoms with Crippen LogP contribution in [0.25, 0.3) is 6.08 Å². The summed E-state index contributed by atoms with van der Waals surface area (Å²) in [5.41, 5.74) is 0.581. The molecule has 1 atom stereocenters. The van der Waals surface area contributed by atoms with Crippen molar-refractivity contribution >= 4 is 23.9 Å². The van der Waals surface area contributed by atoms with Gasteiger partial charge in [-0.3, -0.25) is 0 Å². The van der Waals surface area contributed by atoms with Gasteiger partial charge in [-0.1, -0.05) is 68.1 Å². The second kappa shape index (κ2) is 9.60. The summed E-state index contributed by atoms with van der Waals surface area (Å²) >= 11 is 1.45. The summed E-state index contributed by atoms with van der Waals surface area (Å²) in [4.78, 5) is 12.1. The molecule has 7 heteroatoms. The zero-order valence-corrected chi connectivity index (χ0v) is 17.2. The highest BCUT2D eigenvalue weighted by Gasteiger charge is 2.26. The molecule has 6 nitrogen and oxygen atoms in total. The van der Waals surface area contributed by atoms with Crippen LogP contribution in [0.3, 0.4) is 0 Å². The smallest absolute Gasteiger partial charge is 0.408 e. The molecule has 1 N–H and O–H groups in total. The third kappa shape index (κ3) is 7.46. The molecule has 0 unspecified atom stereocenters. The van der Waals surface area contributed by atoms with Crippen LogP contribution >= 0.6 is 11.8 Å². The summed E-state index contributed by atoms with van der Waals surface area (Å²) in [6.07, 6.45) is 3.59. The van der Waals surface area contributed by atoms with E-state index in [9.17, 15) is 4.79 Å². The number of carbonyl (C=O) groups is 1. The third-order valence-corrected chi connectivity index (χ3v) is 4.21. The van der Waals surface area contributed by atoms with E-state index in [1.807, 2.05) is 77.1 Å². The van der Waals surface area contributed by atoms with Gasteiger partial charge in [-0.2, -0.15) is 0 Å². The Kier molecular flexibility index (Phi) is 7.47. The van der Waals surface area contributed by atoms with E-state index in [1.165, 1.54) is 11.8 Å². The second-order valence-electron chi connectivity index (χ2n) is 7.40. The van der Waals surface area contributed by atoms with Gasteiger partial charge in [-0.25, -0.2) is 4.79 Å². The lowest BCUT2D eigenvalue weighted by atomic mass is 10.1. The van der Waals surface area contributed by atoms with Gasteiger partial charge < -0.3 is 14.5 Å². The third-order valence-electron chi connectivity index (χ3n) is 3.44. The highest BCUT2D eigenvalue weighted by atomic mass is 32.2. The van der Waals surface area contributed by atoms with E-state index in [0.29, 0.717) is 16.9 Å². The van der Waals surface area contributed by atoms with E-state index in [-0.39, 0.29) is 5.92 Å². The molecule has 0 fully saturated rings. The molecule has 1 aromatic heterocycles. The molecule has 2 aromatic rings. The zero-order chi connectivity index (χ0) is 19.9. The maximum absolute atomic E-state index is 12.1. The van der Waals surface area contributed by atoms with Gasteiger partial charge in [-0.05, 0) is 32.3 Å². The summed E-state index contributed by atoms with van der Waals surface area (Å²) in [7, 11) is 0. The summed E-state index contributed by atoms with van der Waals surface area (Å²) in [6, 6.07) is 9.68. The molecule has 27 heavy (non-hydrogen) atoms. The Morgan fingerprint density at radius 3 is 2.59 bits per heavy atom. The van der Waals surface area contributed by atoms with Crippen LogP contribution in [0.5, 0.6) is 0 Å². The molecule has 2 rings (SSSR count). The van der Waals surface area contributed by atoms with Crippen LogP contribution < -0.4 is 5.32 Å². The lowest BCUT2D eigenvalue weighted by Gasteiger charge is -2.23. The number of hydrogen-bond donors (Lipinski definition) is 1. The predicted molar refractivity (Wildman–Crippen MR) is 107 cm³/mol. The Morgan fingerprint density at radius 2 is 1.96 bits per heavy atom. The molecule has 0 saturated carbocycles. The first-order chi connectivity index (χ1) is 12.7. The largest absolute Gasteiger partial charge is 0.444 e. The van der Waals surface area contributed by atoms with Crippen LogP contribution in [-0.4, -0.2) is 27.6 Å². The van der Waals surface area contributed by atoms with Crippen LogP contribution in [0, 0.1) is 5.92 Å². The second-order valence-corrected chi connectivity index (χ2v) is 8.37. The van der Waals surface area contributed by atoms with E-state index >= 15 is 0 Å². The number of benzene rings is 1. The molecule has 146 valence electrons. The minimum atomic E-state index is -0.563. The average Bonchev–Trinajstić information content (AvgIpc) is 3.04. The first-order valence-corrected chi connectivity index (χ1v) is 9.90. The standard InChI is InChI=1S/C20H27N3O3S/c1-14(2)16(21-18(24)26-20(3,4)5)17-22-23-19(25-17)27-13-9-12-15-10-7-6-8-11-15/h6-12,14,16H,13H2,1-5H3,(H,21,24)/t16-/m0/s1. The molecule has 0 saturated heterocycles. The van der Waals surface area contributed by atoms with Gasteiger partial charge in [0.15, 0.2) is 0 Å². The molecule has 0 aliphatic carbocycles. The molecule has 1 aromatic carbocycles. The van der Waals surface area contributed by atoms with Gasteiger partial charge in [0.2, 0.25) is 5.89 Å². The number of thioether (sulfide) groups is 1. The van der Waals surface area contributed by atoms with Crippen molar-refractivity contribution < 1.29 is 13.9 Å². The molecule has 0 bridgehead atoms. The maximum Gasteiger partial charge on any atom is 0.408 e. The predicted octanol–water partition coefficient (Wildman–Crippen LogP) is 5.10. The normalized spacial score (nSPS) is 13.1. The average molecular weight is 390 g/mol. The minimum Gasteiger partial charge on any atom is -0.444 e. The van der Waals surface area contributed by atoms with Crippen molar-refractivity contribution in [3.05, 3.63) is 47.9 Å². The van der Waals surface area contributed by atoms with Gasteiger partial charge in [0.1, 0.15) is 11.6 Å².